The van der Waals surface area contributed by atoms with Crippen LogP contribution in [0.3, 0.4) is 0 Å². The second kappa shape index (κ2) is 7.91. The van der Waals surface area contributed by atoms with E-state index < -0.39 is 41.1 Å². The third-order valence-corrected chi connectivity index (χ3v) is 11.5. The van der Waals surface area contributed by atoms with Crippen molar-refractivity contribution in [3.8, 4) is 0 Å². The molecule has 0 radical (unpaired) electrons. The van der Waals surface area contributed by atoms with Crippen LogP contribution in [0.1, 0.15) is 0 Å². The monoisotopic (exact) mass is 532 g/mol. The first-order valence-corrected chi connectivity index (χ1v) is 14.5. The summed E-state index contributed by atoms with van der Waals surface area (Å²) in [6, 6.07) is 23.9. The fourth-order valence-electron chi connectivity index (χ4n) is 2.88. The lowest BCUT2D eigenvalue weighted by molar-refractivity contribution is 0.364. The first-order chi connectivity index (χ1) is 14.6. The number of hydrogen-bond acceptors (Lipinski definition) is 3. The molecule has 3 rings (SSSR count). The fourth-order valence-corrected chi connectivity index (χ4v) is 10.7. The Kier molecular flexibility index (Phi) is 6.14. The van der Waals surface area contributed by atoms with Gasteiger partial charge in [-0.1, -0.05) is 74.0 Å². The third kappa shape index (κ3) is 5.96. The summed E-state index contributed by atoms with van der Waals surface area (Å²) < 4.78 is 93.2. The molecule has 0 N–H and O–H groups in total. The van der Waals surface area contributed by atoms with Crippen molar-refractivity contribution in [1.29, 1.82) is 0 Å². The Morgan fingerprint density at radius 3 is 1.28 bits per heavy atom. The van der Waals surface area contributed by atoms with Crippen LogP contribution in [0.4, 0.5) is 19.4 Å². The van der Waals surface area contributed by atoms with E-state index in [1.54, 1.807) is 91.0 Å². The number of alkyl halides is 1. The van der Waals surface area contributed by atoms with E-state index in [4.69, 9.17) is 15.2 Å². The molecule has 3 aromatic carbocycles. The Balaban J connectivity index is 2.24. The summed E-state index contributed by atoms with van der Waals surface area (Å²) in [5, 5.41) is 0. The maximum atomic E-state index is 13.0. The van der Waals surface area contributed by atoms with Gasteiger partial charge in [0.15, 0.2) is 4.71 Å². The van der Waals surface area contributed by atoms with Crippen LogP contribution >= 0.6 is 32.1 Å². The van der Waals surface area contributed by atoms with Crippen molar-refractivity contribution < 1.29 is 31.5 Å². The molecule has 0 fully saturated rings. The van der Waals surface area contributed by atoms with E-state index in [0.717, 1.165) is 0 Å². The van der Waals surface area contributed by atoms with Gasteiger partial charge in [-0.3, -0.25) is 0 Å². The largest absolute Gasteiger partial charge is 0.295 e. The van der Waals surface area contributed by atoms with Gasteiger partial charge in [0.1, 0.15) is 5.75 Å². The van der Waals surface area contributed by atoms with E-state index >= 15 is 0 Å². The summed E-state index contributed by atoms with van der Waals surface area (Å²) in [6.07, 6.45) is 0. The first kappa shape index (κ1) is 24.8. The van der Waals surface area contributed by atoms with Crippen LogP contribution in [0.15, 0.2) is 106 Å². The minimum atomic E-state index is -10.1. The van der Waals surface area contributed by atoms with Gasteiger partial charge in [-0.25, -0.2) is 3.63 Å². The highest BCUT2D eigenvalue weighted by Gasteiger charge is 2.66. The van der Waals surface area contributed by atoms with Crippen LogP contribution in [-0.2, 0) is 13.7 Å². The summed E-state index contributed by atoms with van der Waals surface area (Å²) in [5.41, 5.74) is 0. The normalized spacial score (nSPS) is 16.6. The van der Waals surface area contributed by atoms with Gasteiger partial charge in [0, 0.05) is 14.7 Å². The van der Waals surface area contributed by atoms with Crippen molar-refractivity contribution in [2.24, 2.45) is 0 Å². The number of rotatable bonds is 8. The van der Waals surface area contributed by atoms with E-state index in [2.05, 4.69) is 0 Å². The molecule has 0 spiro atoms. The van der Waals surface area contributed by atoms with Crippen molar-refractivity contribution in [3.63, 3.8) is 0 Å². The zero-order chi connectivity index (χ0) is 23.7. The predicted molar refractivity (Wildman–Crippen MR) is 119 cm³/mol. The quantitative estimate of drug-likeness (QED) is 0.217. The zero-order valence-electron chi connectivity index (χ0n) is 16.2. The Morgan fingerprint density at radius 1 is 0.688 bits per heavy atom. The maximum absolute atomic E-state index is 13.0. The van der Waals surface area contributed by atoms with Crippen LogP contribution in [0.5, 0.6) is 0 Å². The van der Waals surface area contributed by atoms with Gasteiger partial charge >= 0.3 is 0 Å². The van der Waals surface area contributed by atoms with E-state index in [9.17, 15) is 27.8 Å². The molecule has 176 valence electrons. The molecule has 0 amide bonds. The van der Waals surface area contributed by atoms with Crippen molar-refractivity contribution in [3.05, 3.63) is 91.0 Å². The van der Waals surface area contributed by atoms with Gasteiger partial charge < -0.3 is 0 Å². The lowest BCUT2D eigenvalue weighted by Crippen LogP contribution is -2.29. The lowest BCUT2D eigenvalue weighted by atomic mass is 10.4. The summed E-state index contributed by atoms with van der Waals surface area (Å²) in [4.78, 5) is 0.992. The van der Waals surface area contributed by atoms with Crippen molar-refractivity contribution in [2.75, 3.05) is 5.75 Å². The fraction of sp³-hybridized carbons (Fsp3) is 0.100. The van der Waals surface area contributed by atoms with Crippen LogP contribution in [0.2, 0.25) is 0 Å². The molecule has 3 aromatic rings. The van der Waals surface area contributed by atoms with Crippen LogP contribution in [-0.4, -0.2) is 18.9 Å². The summed E-state index contributed by atoms with van der Waals surface area (Å²) >= 11 is 5.43. The average Bonchev–Trinajstić information content (AvgIpc) is 2.72. The molecule has 0 aliphatic carbocycles. The molecule has 0 bridgehead atoms. The second-order valence-electron chi connectivity index (χ2n) is 6.76. The maximum Gasteiger partial charge on any atom is 0.295 e. The van der Waals surface area contributed by atoms with Gasteiger partial charge in [0.05, 0.1) is 0 Å². The SMILES string of the molecule is O=S(=O)(OS(c1ccccc1)(c1ccccc1)c1ccccc1)C(Cl)CS(F)(F)(F)(F)F. The van der Waals surface area contributed by atoms with Crippen LogP contribution in [0.25, 0.3) is 0 Å². The Hall–Kier alpha value is -1.79. The number of benzene rings is 3. The van der Waals surface area contributed by atoms with Gasteiger partial charge in [0.25, 0.3) is 20.3 Å². The molecule has 0 heterocycles. The second-order valence-corrected chi connectivity index (χ2v) is 14.8. The molecule has 3 nitrogen and oxygen atoms in total. The van der Waals surface area contributed by atoms with Crippen LogP contribution in [0, 0.1) is 0 Å². The zero-order valence-corrected chi connectivity index (χ0v) is 19.4. The molecule has 1 atom stereocenters. The predicted octanol–water partition coefficient (Wildman–Crippen LogP) is 8.09. The van der Waals surface area contributed by atoms with Gasteiger partial charge in [-0.15, -0.1) is 11.6 Å². The first-order valence-electron chi connectivity index (χ1n) is 8.93. The molecule has 0 aromatic heterocycles. The van der Waals surface area contributed by atoms with E-state index in [1.165, 1.54) is 0 Å². The molecule has 12 heteroatoms. The summed E-state index contributed by atoms with van der Waals surface area (Å²) in [7, 11) is -18.7. The highest BCUT2D eigenvalue weighted by Crippen LogP contribution is 2.98. The van der Waals surface area contributed by atoms with Crippen molar-refractivity contribution in [1.82, 2.24) is 0 Å². The standard InChI is InChI=1S/C20H18ClF5O3S3/c21-20(16-32(22,23,24,25)26)31(27,28)29-30(17-10-4-1-5-11-17,18-12-6-2-7-13-18)19-14-8-3-9-15-19/h1-15,20H,16H2. The van der Waals surface area contributed by atoms with E-state index in [-0.39, 0.29) is 0 Å². The highest BCUT2D eigenvalue weighted by atomic mass is 35.5. The Bertz CT molecular complexity index is 1080. The number of halogens is 6. The molecule has 0 saturated heterocycles. The topological polar surface area (TPSA) is 43.4 Å². The summed E-state index contributed by atoms with van der Waals surface area (Å²) in [5.74, 6) is -3.00. The van der Waals surface area contributed by atoms with Crippen molar-refractivity contribution in [2.45, 2.75) is 19.4 Å². The minimum absolute atomic E-state index is 0.331. The lowest BCUT2D eigenvalue weighted by Gasteiger charge is -2.43. The van der Waals surface area contributed by atoms with Crippen LogP contribution < -0.4 is 0 Å². The molecular weight excluding hydrogens is 515 g/mol. The molecular formula is C20H18ClF5O3S3. The number of hydrogen-bond donors (Lipinski definition) is 0. The van der Waals surface area contributed by atoms with E-state index in [0.29, 0.717) is 14.7 Å². The average molecular weight is 533 g/mol. The Morgan fingerprint density at radius 2 is 1.00 bits per heavy atom. The van der Waals surface area contributed by atoms with Crippen molar-refractivity contribution >= 4 is 42.3 Å². The molecule has 0 aliphatic heterocycles. The molecule has 32 heavy (non-hydrogen) atoms. The third-order valence-electron chi connectivity index (χ3n) is 4.18. The molecule has 0 aliphatic rings. The molecule has 1 unspecified atom stereocenters. The van der Waals surface area contributed by atoms with Gasteiger partial charge in [-0.05, 0) is 46.7 Å². The minimum Gasteiger partial charge on any atom is -0.205 e. The molecule has 0 saturated carbocycles. The van der Waals surface area contributed by atoms with E-state index in [1.807, 2.05) is 0 Å². The smallest absolute Gasteiger partial charge is 0.205 e. The highest BCUT2D eigenvalue weighted by molar-refractivity contribution is 8.46. The Labute approximate surface area is 189 Å². The van der Waals surface area contributed by atoms with Gasteiger partial charge in [-0.2, -0.15) is 8.42 Å². The van der Waals surface area contributed by atoms with Gasteiger partial charge in [0.2, 0.25) is 0 Å². The summed E-state index contributed by atoms with van der Waals surface area (Å²) in [6.45, 7) is 0.